The van der Waals surface area contributed by atoms with Gasteiger partial charge in [-0.2, -0.15) is 0 Å². The normalized spacial score (nSPS) is 21.3. The van der Waals surface area contributed by atoms with Crippen LogP contribution in [0.25, 0.3) is 0 Å². The minimum Gasteiger partial charge on any atom is -0.492 e. The maximum Gasteiger partial charge on any atom is 0.324 e. The highest BCUT2D eigenvalue weighted by molar-refractivity contribution is 9.10. The summed E-state index contributed by atoms with van der Waals surface area (Å²) in [5.74, 6) is -0.893. The Labute approximate surface area is 271 Å². The number of esters is 1. The molecular weight excluding hydrogens is 652 g/mol. The molecule has 0 bridgehead atoms. The summed E-state index contributed by atoms with van der Waals surface area (Å²) in [6, 6.07) is 5.01. The Morgan fingerprint density at radius 3 is 2.61 bits per heavy atom. The number of para-hydroxylation sites is 1. The van der Waals surface area contributed by atoms with Crippen molar-refractivity contribution >= 4 is 45.1 Å². The minimum absolute atomic E-state index is 0.00149. The van der Waals surface area contributed by atoms with Crippen LogP contribution in [0.4, 0.5) is 0 Å². The monoisotopic (exact) mass is 694 g/mol. The van der Waals surface area contributed by atoms with Gasteiger partial charge in [-0.1, -0.05) is 32.0 Å². The molecule has 242 valence electrons. The second-order valence-corrected chi connectivity index (χ2v) is 13.4. The van der Waals surface area contributed by atoms with Crippen LogP contribution >= 0.6 is 27.3 Å². The maximum absolute atomic E-state index is 13.7. The van der Waals surface area contributed by atoms with E-state index in [0.29, 0.717) is 47.9 Å². The molecule has 2 fully saturated rings. The lowest BCUT2D eigenvalue weighted by Gasteiger charge is -2.37. The molecule has 0 spiro atoms. The van der Waals surface area contributed by atoms with Gasteiger partial charge in [-0.3, -0.25) is 29.2 Å². The van der Waals surface area contributed by atoms with Gasteiger partial charge < -0.3 is 20.3 Å². The molecule has 3 heterocycles. The maximum atomic E-state index is 13.7. The number of thiazole rings is 1. The number of hydrazine groups is 1. The smallest absolute Gasteiger partial charge is 0.324 e. The summed E-state index contributed by atoms with van der Waals surface area (Å²) in [5.41, 5.74) is 10.6. The van der Waals surface area contributed by atoms with Crippen LogP contribution in [0.3, 0.4) is 0 Å². The van der Waals surface area contributed by atoms with Gasteiger partial charge in [-0.05, 0) is 67.2 Å². The quantitative estimate of drug-likeness (QED) is 0.266. The first-order valence-electron chi connectivity index (χ1n) is 14.9. The second kappa shape index (κ2) is 15.6. The third kappa shape index (κ3) is 8.15. The Bertz CT molecular complexity index is 1300. The van der Waals surface area contributed by atoms with Crippen molar-refractivity contribution in [2.75, 3.05) is 33.9 Å². The van der Waals surface area contributed by atoms with Crippen LogP contribution in [0.5, 0.6) is 5.75 Å². The lowest BCUT2D eigenvalue weighted by atomic mass is 10.0. The van der Waals surface area contributed by atoms with Crippen molar-refractivity contribution < 1.29 is 29.0 Å². The highest BCUT2D eigenvalue weighted by atomic mass is 79.9. The number of carbonyl (C=O) groups excluding carboxylic acids is 2. The standard InChI is InChI=1S/C30H43BrN6O6S/c1-18(2)25(29(39)40)36-13-7-10-20(36)16-43-22-12-6-5-9-19(22)15-35(3)26(27-33-23(31)17-44-27)24(32)28(38)37-14-8-11-21(34-37)30(41)42-4/h5-6,9,12,17-18,20-21,24-26,34H,7-8,10-11,13-16,32H2,1-4H3,(H,39,40)/t20-,21+,24+,25+,26+/m1/s1. The van der Waals surface area contributed by atoms with Crippen LogP contribution in [-0.4, -0.2) is 101 Å². The topological polar surface area (TPSA) is 151 Å². The zero-order valence-electron chi connectivity index (χ0n) is 25.6. The number of ether oxygens (including phenoxy) is 2. The summed E-state index contributed by atoms with van der Waals surface area (Å²) >= 11 is 4.84. The predicted octanol–water partition coefficient (Wildman–Crippen LogP) is 3.03. The van der Waals surface area contributed by atoms with Gasteiger partial charge in [-0.15, -0.1) is 11.3 Å². The molecule has 1 amide bonds. The minimum atomic E-state index is -0.980. The number of amides is 1. The molecule has 0 radical (unpaired) electrons. The van der Waals surface area contributed by atoms with Crippen LogP contribution in [0.2, 0.25) is 0 Å². The number of benzene rings is 1. The number of likely N-dealkylation sites (tertiary alicyclic amines) is 1. The number of carboxylic acids is 1. The van der Waals surface area contributed by atoms with E-state index in [1.165, 1.54) is 23.5 Å². The third-order valence-corrected chi connectivity index (χ3v) is 9.90. The van der Waals surface area contributed by atoms with E-state index < -0.39 is 36.1 Å². The van der Waals surface area contributed by atoms with E-state index in [9.17, 15) is 19.5 Å². The fourth-order valence-electron chi connectivity index (χ4n) is 6.13. The van der Waals surface area contributed by atoms with E-state index in [0.717, 1.165) is 24.9 Å². The Balaban J connectivity index is 1.50. The number of rotatable bonds is 13. The number of carbonyl (C=O) groups is 3. The number of methoxy groups -OCH3 is 1. The van der Waals surface area contributed by atoms with E-state index >= 15 is 0 Å². The highest BCUT2D eigenvalue weighted by Crippen LogP contribution is 2.32. The van der Waals surface area contributed by atoms with Crippen LogP contribution < -0.4 is 15.9 Å². The lowest BCUT2D eigenvalue weighted by Crippen LogP contribution is -2.60. The second-order valence-electron chi connectivity index (χ2n) is 11.7. The first-order chi connectivity index (χ1) is 21.0. The lowest BCUT2D eigenvalue weighted by molar-refractivity contribution is -0.150. The van der Waals surface area contributed by atoms with E-state index in [4.69, 9.17) is 15.2 Å². The third-order valence-electron chi connectivity index (χ3n) is 8.27. The molecule has 4 rings (SSSR count). The van der Waals surface area contributed by atoms with Crippen molar-refractivity contribution in [2.45, 2.75) is 76.3 Å². The molecule has 4 N–H and O–H groups in total. The number of carboxylic acid groups (broad SMARTS) is 1. The van der Waals surface area contributed by atoms with Crippen molar-refractivity contribution in [3.05, 3.63) is 44.8 Å². The van der Waals surface area contributed by atoms with Crippen LogP contribution in [0.1, 0.15) is 56.1 Å². The van der Waals surface area contributed by atoms with Crippen molar-refractivity contribution in [1.82, 2.24) is 25.2 Å². The molecule has 2 aliphatic rings. The van der Waals surface area contributed by atoms with Gasteiger partial charge in [-0.25, -0.2) is 10.4 Å². The molecule has 1 aromatic carbocycles. The van der Waals surface area contributed by atoms with Crippen molar-refractivity contribution in [1.29, 1.82) is 0 Å². The van der Waals surface area contributed by atoms with Gasteiger partial charge in [0.25, 0.3) is 5.91 Å². The van der Waals surface area contributed by atoms with Gasteiger partial charge in [0.1, 0.15) is 40.1 Å². The van der Waals surface area contributed by atoms with Crippen molar-refractivity contribution in [2.24, 2.45) is 11.7 Å². The van der Waals surface area contributed by atoms with E-state index in [1.54, 1.807) is 0 Å². The fourth-order valence-corrected chi connectivity index (χ4v) is 7.61. The van der Waals surface area contributed by atoms with Crippen LogP contribution in [0, 0.1) is 5.92 Å². The summed E-state index contributed by atoms with van der Waals surface area (Å²) in [5, 5.41) is 13.8. The van der Waals surface area contributed by atoms with Gasteiger partial charge in [0.2, 0.25) is 0 Å². The number of aromatic nitrogens is 1. The number of aliphatic carboxylic acids is 1. The zero-order valence-corrected chi connectivity index (χ0v) is 28.1. The first kappa shape index (κ1) is 34.3. The number of likely N-dealkylation sites (N-methyl/N-ethyl adjacent to an activating group) is 1. The van der Waals surface area contributed by atoms with Crippen molar-refractivity contribution in [3.63, 3.8) is 0 Å². The van der Waals surface area contributed by atoms with E-state index in [1.807, 2.05) is 55.4 Å². The summed E-state index contributed by atoms with van der Waals surface area (Å²) in [7, 11) is 3.22. The average Bonchev–Trinajstić information content (AvgIpc) is 3.64. The highest BCUT2D eigenvalue weighted by Gasteiger charge is 2.39. The molecule has 0 saturated carbocycles. The molecular formula is C30H43BrN6O6S. The summed E-state index contributed by atoms with van der Waals surface area (Å²) < 4.78 is 11.9. The van der Waals surface area contributed by atoms with Gasteiger partial charge in [0.05, 0.1) is 13.2 Å². The van der Waals surface area contributed by atoms with Gasteiger partial charge in [0, 0.05) is 30.1 Å². The first-order valence-corrected chi connectivity index (χ1v) is 16.6. The zero-order chi connectivity index (χ0) is 32.0. The summed E-state index contributed by atoms with van der Waals surface area (Å²) in [6.07, 6.45) is 3.01. The number of nitrogens with two attached hydrogens (primary N) is 1. The molecule has 0 unspecified atom stereocenters. The van der Waals surface area contributed by atoms with Gasteiger partial charge >= 0.3 is 11.9 Å². The Hall–Kier alpha value is -2.62. The molecule has 0 aliphatic carbocycles. The molecule has 1 aromatic heterocycles. The van der Waals surface area contributed by atoms with E-state index in [-0.39, 0.29) is 17.9 Å². The Kier molecular flexibility index (Phi) is 12.1. The molecule has 12 nitrogen and oxygen atoms in total. The SMILES string of the molecule is COC(=O)[C@@H]1CCCN(C(=O)[C@@H](N)[C@@H](c2nc(Br)cs2)N(C)Cc2ccccc2OC[C@H]2CCCN2[C@H](C(=O)O)C(C)C)N1. The van der Waals surface area contributed by atoms with Crippen LogP contribution in [-0.2, 0) is 25.7 Å². The van der Waals surface area contributed by atoms with Crippen LogP contribution in [0.15, 0.2) is 34.2 Å². The number of hydrogen-bond donors (Lipinski definition) is 3. The Morgan fingerprint density at radius 1 is 1.23 bits per heavy atom. The molecule has 2 aliphatic heterocycles. The number of hydrogen-bond acceptors (Lipinski definition) is 11. The average molecular weight is 696 g/mol. The summed E-state index contributed by atoms with van der Waals surface area (Å²) in [4.78, 5) is 46.5. The number of nitrogens with one attached hydrogen (secondary N) is 1. The molecule has 2 aromatic rings. The molecule has 14 heteroatoms. The molecule has 2 saturated heterocycles. The summed E-state index contributed by atoms with van der Waals surface area (Å²) in [6.45, 7) is 5.82. The van der Waals surface area contributed by atoms with Crippen molar-refractivity contribution in [3.8, 4) is 5.75 Å². The molecule has 44 heavy (non-hydrogen) atoms. The Morgan fingerprint density at radius 2 is 1.95 bits per heavy atom. The number of halogens is 1. The molecule has 5 atom stereocenters. The predicted molar refractivity (Wildman–Crippen MR) is 170 cm³/mol. The largest absolute Gasteiger partial charge is 0.492 e. The van der Waals surface area contributed by atoms with Gasteiger partial charge in [0.15, 0.2) is 0 Å². The number of nitrogens with zero attached hydrogens (tertiary/aromatic N) is 4. The fraction of sp³-hybridized carbons (Fsp3) is 0.600. The van der Waals surface area contributed by atoms with E-state index in [2.05, 4.69) is 31.2 Å².